The van der Waals surface area contributed by atoms with E-state index in [1.807, 2.05) is 26.0 Å². The van der Waals surface area contributed by atoms with Crippen LogP contribution in [-0.4, -0.2) is 33.1 Å². The van der Waals surface area contributed by atoms with Crippen LogP contribution in [-0.2, 0) is 16.0 Å². The van der Waals surface area contributed by atoms with Crippen molar-refractivity contribution < 1.29 is 23.5 Å². The molecule has 2 aromatic carbocycles. The van der Waals surface area contributed by atoms with Gasteiger partial charge in [-0.3, -0.25) is 4.79 Å². The molecule has 0 aliphatic carbocycles. The third-order valence-corrected chi connectivity index (χ3v) is 5.51. The Morgan fingerprint density at radius 1 is 1.03 bits per heavy atom. The van der Waals surface area contributed by atoms with Gasteiger partial charge in [0.2, 0.25) is 5.91 Å². The number of rotatable bonds is 6. The van der Waals surface area contributed by atoms with E-state index in [1.54, 1.807) is 38.4 Å². The Labute approximate surface area is 180 Å². The third kappa shape index (κ3) is 4.17. The van der Waals surface area contributed by atoms with Crippen LogP contribution in [0.4, 0.5) is 5.69 Å². The summed E-state index contributed by atoms with van der Waals surface area (Å²) in [6, 6.07) is 10.4. The third-order valence-electron chi connectivity index (χ3n) is 5.51. The van der Waals surface area contributed by atoms with Gasteiger partial charge in [0.05, 0.1) is 25.5 Å². The fraction of sp³-hybridized carbons (Fsp3) is 0.292. The van der Waals surface area contributed by atoms with Crippen molar-refractivity contribution in [3.05, 3.63) is 69.1 Å². The maximum Gasteiger partial charge on any atom is 0.339 e. The van der Waals surface area contributed by atoms with Crippen molar-refractivity contribution in [3.8, 4) is 5.75 Å². The van der Waals surface area contributed by atoms with Gasteiger partial charge in [0.15, 0.2) is 0 Å². The molecule has 0 aliphatic heterocycles. The minimum atomic E-state index is -0.521. The molecule has 7 nitrogen and oxygen atoms in total. The van der Waals surface area contributed by atoms with Crippen LogP contribution in [0.2, 0.25) is 0 Å². The molecule has 0 radical (unpaired) electrons. The van der Waals surface area contributed by atoms with Gasteiger partial charge in [0, 0.05) is 30.0 Å². The predicted octanol–water partition coefficient (Wildman–Crippen LogP) is 3.80. The van der Waals surface area contributed by atoms with Gasteiger partial charge in [0.25, 0.3) is 0 Å². The number of hydrogen-bond donors (Lipinski definition) is 0. The lowest BCUT2D eigenvalue weighted by Crippen LogP contribution is -2.29. The average molecular weight is 423 g/mol. The van der Waals surface area contributed by atoms with Crippen LogP contribution in [0.3, 0.4) is 0 Å². The summed E-state index contributed by atoms with van der Waals surface area (Å²) in [4.78, 5) is 38.9. The molecule has 0 bridgehead atoms. The number of aryl methyl sites for hydroxylation is 2. The zero-order valence-electron chi connectivity index (χ0n) is 18.3. The molecule has 1 amide bonds. The van der Waals surface area contributed by atoms with E-state index >= 15 is 0 Å². The van der Waals surface area contributed by atoms with E-state index in [2.05, 4.69) is 0 Å². The zero-order valence-corrected chi connectivity index (χ0v) is 18.3. The molecule has 3 rings (SSSR count). The quantitative estimate of drug-likeness (QED) is 0.443. The number of para-hydroxylation sites is 1. The molecular formula is C24H25NO6. The fourth-order valence-electron chi connectivity index (χ4n) is 3.66. The first-order valence-electron chi connectivity index (χ1n) is 9.83. The molecule has 162 valence electrons. The van der Waals surface area contributed by atoms with Crippen LogP contribution in [0.15, 0.2) is 45.6 Å². The van der Waals surface area contributed by atoms with Crippen molar-refractivity contribution in [1.82, 2.24) is 0 Å². The molecular weight excluding hydrogens is 398 g/mol. The molecule has 0 saturated carbocycles. The summed E-state index contributed by atoms with van der Waals surface area (Å²) in [6.45, 7) is 3.68. The number of benzene rings is 2. The van der Waals surface area contributed by atoms with Crippen molar-refractivity contribution in [2.75, 3.05) is 26.2 Å². The highest BCUT2D eigenvalue weighted by Crippen LogP contribution is 2.29. The van der Waals surface area contributed by atoms with Gasteiger partial charge in [-0.15, -0.1) is 0 Å². The Balaban J connectivity index is 1.87. The molecule has 7 heteroatoms. The highest BCUT2D eigenvalue weighted by molar-refractivity contribution is 6.02. The highest BCUT2D eigenvalue weighted by Gasteiger charge is 2.20. The van der Waals surface area contributed by atoms with E-state index in [0.717, 1.165) is 16.5 Å². The summed E-state index contributed by atoms with van der Waals surface area (Å²) in [5.41, 5.74) is 2.76. The number of anilines is 1. The number of nitrogens with zero attached hydrogens (tertiary/aromatic N) is 1. The molecule has 0 aliphatic rings. The molecule has 1 heterocycles. The number of hydrogen-bond acceptors (Lipinski definition) is 6. The van der Waals surface area contributed by atoms with Crippen LogP contribution in [0.5, 0.6) is 5.75 Å². The molecule has 31 heavy (non-hydrogen) atoms. The Kier molecular flexibility index (Phi) is 6.44. The first-order chi connectivity index (χ1) is 14.8. The van der Waals surface area contributed by atoms with Crippen LogP contribution in [0, 0.1) is 13.8 Å². The monoisotopic (exact) mass is 423 g/mol. The Morgan fingerprint density at radius 2 is 1.74 bits per heavy atom. The second-order valence-corrected chi connectivity index (χ2v) is 7.22. The Morgan fingerprint density at radius 3 is 2.42 bits per heavy atom. The lowest BCUT2D eigenvalue weighted by Gasteiger charge is -2.20. The number of carbonyl (C=O) groups excluding carboxylic acids is 2. The summed E-state index contributed by atoms with van der Waals surface area (Å²) >= 11 is 0. The van der Waals surface area contributed by atoms with E-state index in [4.69, 9.17) is 13.9 Å². The lowest BCUT2D eigenvalue weighted by molar-refractivity contribution is -0.118. The molecule has 3 aromatic rings. The number of amides is 1. The number of esters is 1. The molecule has 0 fully saturated rings. The lowest BCUT2D eigenvalue weighted by atomic mass is 10.00. The number of methoxy groups -OCH3 is 2. The van der Waals surface area contributed by atoms with Crippen molar-refractivity contribution >= 4 is 28.5 Å². The molecule has 1 aromatic heterocycles. The minimum absolute atomic E-state index is 0.0816. The van der Waals surface area contributed by atoms with E-state index < -0.39 is 11.6 Å². The first-order valence-corrected chi connectivity index (χ1v) is 9.83. The topological polar surface area (TPSA) is 86.1 Å². The fourth-order valence-corrected chi connectivity index (χ4v) is 3.66. The maximum absolute atomic E-state index is 12.8. The van der Waals surface area contributed by atoms with Gasteiger partial charge in [0.1, 0.15) is 11.3 Å². The molecule has 0 N–H and O–H groups in total. The summed E-state index contributed by atoms with van der Waals surface area (Å²) in [5.74, 6) is -0.114. The van der Waals surface area contributed by atoms with Crippen molar-refractivity contribution in [2.45, 2.75) is 26.7 Å². The van der Waals surface area contributed by atoms with Gasteiger partial charge in [-0.1, -0.05) is 12.1 Å². The van der Waals surface area contributed by atoms with E-state index in [9.17, 15) is 14.4 Å². The number of carbonyl (C=O) groups is 2. The molecule has 0 spiro atoms. The smallest absolute Gasteiger partial charge is 0.339 e. The summed E-state index contributed by atoms with van der Waals surface area (Å²) in [7, 11) is 4.45. The normalized spacial score (nSPS) is 10.7. The Hall–Kier alpha value is -3.61. The van der Waals surface area contributed by atoms with Gasteiger partial charge in [-0.05, 0) is 50.1 Å². The summed E-state index contributed by atoms with van der Waals surface area (Å²) in [6.07, 6.45) is 0.303. The largest absolute Gasteiger partial charge is 0.496 e. The summed E-state index contributed by atoms with van der Waals surface area (Å²) in [5, 5.41) is 0.810. The minimum Gasteiger partial charge on any atom is -0.496 e. The maximum atomic E-state index is 12.8. The molecule has 0 unspecified atom stereocenters. The van der Waals surface area contributed by atoms with Gasteiger partial charge < -0.3 is 18.8 Å². The van der Waals surface area contributed by atoms with Crippen molar-refractivity contribution in [1.29, 1.82) is 0 Å². The van der Waals surface area contributed by atoms with Crippen LogP contribution in [0.25, 0.3) is 11.0 Å². The summed E-state index contributed by atoms with van der Waals surface area (Å²) < 4.78 is 15.7. The SMILES string of the molecule is COC(=O)c1ccccc1N(C)C(=O)CCc1c(C)c2ccc(OC)c(C)c2oc1=O. The average Bonchev–Trinajstić information content (AvgIpc) is 2.78. The van der Waals surface area contributed by atoms with Gasteiger partial charge in [-0.25, -0.2) is 9.59 Å². The van der Waals surface area contributed by atoms with Crippen molar-refractivity contribution in [3.63, 3.8) is 0 Å². The predicted molar refractivity (Wildman–Crippen MR) is 118 cm³/mol. The van der Waals surface area contributed by atoms with E-state index in [1.165, 1.54) is 12.0 Å². The van der Waals surface area contributed by atoms with E-state index in [0.29, 0.717) is 28.1 Å². The van der Waals surface area contributed by atoms with Gasteiger partial charge in [-0.2, -0.15) is 0 Å². The number of fused-ring (bicyclic) bond motifs is 1. The second-order valence-electron chi connectivity index (χ2n) is 7.22. The van der Waals surface area contributed by atoms with Crippen LogP contribution < -0.4 is 15.3 Å². The Bertz CT molecular complexity index is 1210. The molecule has 0 atom stereocenters. The number of ether oxygens (including phenoxy) is 2. The van der Waals surface area contributed by atoms with Crippen LogP contribution >= 0.6 is 0 Å². The van der Waals surface area contributed by atoms with Crippen molar-refractivity contribution in [2.24, 2.45) is 0 Å². The van der Waals surface area contributed by atoms with Crippen LogP contribution in [0.1, 0.15) is 33.5 Å². The highest BCUT2D eigenvalue weighted by atomic mass is 16.5. The second kappa shape index (κ2) is 9.04. The first kappa shape index (κ1) is 22.1. The van der Waals surface area contributed by atoms with Gasteiger partial charge >= 0.3 is 11.6 Å². The zero-order chi connectivity index (χ0) is 22.7. The molecule has 0 saturated heterocycles. The van der Waals surface area contributed by atoms with E-state index in [-0.39, 0.29) is 18.7 Å². The standard InChI is InChI=1S/C24H25NO6/c1-14-16-10-12-20(29-4)15(2)22(16)31-24(28)17(14)11-13-21(26)25(3)19-9-7-6-8-18(19)23(27)30-5/h6-10,12H,11,13H2,1-5H3.